The molecular weight excluding hydrogens is 428 g/mol. The van der Waals surface area contributed by atoms with Crippen LogP contribution in [0.25, 0.3) is 0 Å². The molecule has 170 valence electrons. The van der Waals surface area contributed by atoms with Crippen LogP contribution >= 0.6 is 0 Å². The minimum Gasteiger partial charge on any atom is -0.378 e. The van der Waals surface area contributed by atoms with Crippen molar-refractivity contribution in [2.45, 2.75) is 43.0 Å². The van der Waals surface area contributed by atoms with E-state index in [2.05, 4.69) is 55.6 Å². The van der Waals surface area contributed by atoms with Gasteiger partial charge in [-0.25, -0.2) is 8.42 Å². The van der Waals surface area contributed by atoms with Crippen LogP contribution in [0.2, 0.25) is 0 Å². The maximum Gasteiger partial charge on any atom is 0.264 e. The summed E-state index contributed by atoms with van der Waals surface area (Å²) in [4.78, 5) is 0.327. The molecule has 5 heteroatoms. The van der Waals surface area contributed by atoms with Crippen molar-refractivity contribution in [3.63, 3.8) is 0 Å². The zero-order valence-corrected chi connectivity index (χ0v) is 20.1. The number of nitrogens with one attached hydrogen (secondary N) is 1. The third-order valence-corrected chi connectivity index (χ3v) is 8.86. The van der Waals surface area contributed by atoms with Crippen molar-refractivity contribution in [3.8, 4) is 0 Å². The first-order valence-corrected chi connectivity index (χ1v) is 13.0. The van der Waals surface area contributed by atoms with Crippen LogP contribution in [-0.2, 0) is 10.0 Å². The van der Waals surface area contributed by atoms with E-state index in [0.717, 1.165) is 17.7 Å². The topological polar surface area (TPSA) is 49.4 Å². The van der Waals surface area contributed by atoms with Crippen molar-refractivity contribution in [1.29, 1.82) is 0 Å². The third-order valence-electron chi connectivity index (χ3n) is 7.07. The Hall–Kier alpha value is -3.05. The number of rotatable bonds is 5. The Morgan fingerprint density at radius 3 is 2.39 bits per heavy atom. The van der Waals surface area contributed by atoms with Gasteiger partial charge in [-0.05, 0) is 65.3 Å². The molecular formula is C28H30N2O2S. The molecule has 3 unspecified atom stereocenters. The van der Waals surface area contributed by atoms with Crippen molar-refractivity contribution < 1.29 is 8.42 Å². The molecule has 0 saturated heterocycles. The molecule has 1 aliphatic carbocycles. The number of allylic oxidation sites excluding steroid dienone is 2. The van der Waals surface area contributed by atoms with Crippen molar-refractivity contribution in [3.05, 3.63) is 102 Å². The summed E-state index contributed by atoms with van der Waals surface area (Å²) in [6.45, 7) is 4.42. The van der Waals surface area contributed by atoms with Gasteiger partial charge in [0, 0.05) is 18.7 Å². The quantitative estimate of drug-likeness (QED) is 0.446. The van der Waals surface area contributed by atoms with Gasteiger partial charge in [-0.2, -0.15) is 0 Å². The van der Waals surface area contributed by atoms with E-state index in [0.29, 0.717) is 22.4 Å². The summed E-state index contributed by atoms with van der Waals surface area (Å²) >= 11 is 0. The lowest BCUT2D eigenvalue weighted by molar-refractivity contribution is 0.425. The fourth-order valence-electron chi connectivity index (χ4n) is 5.09. The Balaban J connectivity index is 1.49. The van der Waals surface area contributed by atoms with Crippen LogP contribution in [0.4, 0.5) is 11.4 Å². The zero-order chi connectivity index (χ0) is 23.2. The molecule has 3 aromatic carbocycles. The highest BCUT2D eigenvalue weighted by atomic mass is 32.2. The number of fused-ring (bicyclic) bond motifs is 3. The van der Waals surface area contributed by atoms with E-state index >= 15 is 0 Å². The minimum absolute atomic E-state index is 0.202. The highest BCUT2D eigenvalue weighted by Crippen LogP contribution is 2.50. The van der Waals surface area contributed by atoms with Crippen LogP contribution in [0.3, 0.4) is 0 Å². The van der Waals surface area contributed by atoms with Gasteiger partial charge in [0.2, 0.25) is 0 Å². The predicted octanol–water partition coefficient (Wildman–Crippen LogP) is 6.46. The minimum atomic E-state index is -3.65. The SMILES string of the molecule is CC(C)c1ccc(C2Nc3ccc(S(=O)(=O)N(C)c4ccccc4)cc3C3C=CCC32)cc1. The zero-order valence-electron chi connectivity index (χ0n) is 19.3. The predicted molar refractivity (Wildman–Crippen MR) is 135 cm³/mol. The Bertz CT molecular complexity index is 1280. The van der Waals surface area contributed by atoms with Crippen LogP contribution < -0.4 is 9.62 Å². The van der Waals surface area contributed by atoms with E-state index in [-0.39, 0.29) is 12.0 Å². The molecule has 4 nitrogen and oxygen atoms in total. The molecule has 33 heavy (non-hydrogen) atoms. The number of sulfonamides is 1. The first-order valence-electron chi connectivity index (χ1n) is 11.6. The van der Waals surface area contributed by atoms with Crippen LogP contribution in [0.15, 0.2) is 89.8 Å². The second-order valence-electron chi connectivity index (χ2n) is 9.35. The van der Waals surface area contributed by atoms with E-state index in [4.69, 9.17) is 0 Å². The molecule has 0 fully saturated rings. The van der Waals surface area contributed by atoms with E-state index < -0.39 is 10.0 Å². The van der Waals surface area contributed by atoms with Crippen molar-refractivity contribution in [1.82, 2.24) is 0 Å². The number of hydrogen-bond donors (Lipinski definition) is 1. The van der Waals surface area contributed by atoms with Gasteiger partial charge in [0.1, 0.15) is 0 Å². The summed E-state index contributed by atoms with van der Waals surface area (Å²) in [5.74, 6) is 1.08. The Morgan fingerprint density at radius 2 is 1.70 bits per heavy atom. The van der Waals surface area contributed by atoms with E-state index in [9.17, 15) is 8.42 Å². The summed E-state index contributed by atoms with van der Waals surface area (Å²) < 4.78 is 28.1. The molecule has 0 radical (unpaired) electrons. The number of anilines is 2. The van der Waals surface area contributed by atoms with E-state index in [1.165, 1.54) is 15.4 Å². The number of benzene rings is 3. The molecule has 5 rings (SSSR count). The maximum atomic E-state index is 13.4. The molecule has 2 aliphatic rings. The molecule has 3 atom stereocenters. The van der Waals surface area contributed by atoms with Crippen LogP contribution in [0.5, 0.6) is 0 Å². The summed E-state index contributed by atoms with van der Waals surface area (Å²) in [7, 11) is -2.04. The van der Waals surface area contributed by atoms with Gasteiger partial charge in [0.25, 0.3) is 10.0 Å². The van der Waals surface area contributed by atoms with E-state index in [1.54, 1.807) is 13.1 Å². The van der Waals surface area contributed by atoms with Gasteiger partial charge in [-0.15, -0.1) is 0 Å². The highest BCUT2D eigenvalue weighted by Gasteiger charge is 2.38. The second kappa shape index (κ2) is 8.38. The molecule has 0 aromatic heterocycles. The van der Waals surface area contributed by atoms with Crippen molar-refractivity contribution in [2.24, 2.45) is 5.92 Å². The third kappa shape index (κ3) is 3.84. The summed E-state index contributed by atoms with van der Waals surface area (Å²) in [6.07, 6.45) is 5.46. The van der Waals surface area contributed by atoms with Crippen LogP contribution in [0, 0.1) is 5.92 Å². The number of para-hydroxylation sites is 1. The maximum absolute atomic E-state index is 13.4. The Kier molecular flexibility index (Phi) is 5.53. The number of nitrogens with zero attached hydrogens (tertiary/aromatic N) is 1. The standard InChI is InChI=1S/C28H30N2O2S/c1-19(2)20-12-14-21(15-13-20)28-25-11-7-10-24(25)26-18-23(16-17-27(26)29-28)33(31,32)30(3)22-8-5-4-6-9-22/h4-10,12-19,24-25,28-29H,11H2,1-3H3. The monoisotopic (exact) mass is 458 g/mol. The number of hydrogen-bond acceptors (Lipinski definition) is 3. The van der Waals surface area contributed by atoms with Gasteiger partial charge in [-0.3, -0.25) is 4.31 Å². The lowest BCUT2D eigenvalue weighted by Gasteiger charge is -2.38. The smallest absolute Gasteiger partial charge is 0.264 e. The van der Waals surface area contributed by atoms with Gasteiger partial charge in [-0.1, -0.05) is 68.5 Å². The van der Waals surface area contributed by atoms with Gasteiger partial charge < -0.3 is 5.32 Å². The first-order chi connectivity index (χ1) is 15.9. The van der Waals surface area contributed by atoms with Crippen LogP contribution in [-0.4, -0.2) is 15.5 Å². The molecule has 0 spiro atoms. The molecule has 1 heterocycles. The molecule has 0 bridgehead atoms. The lowest BCUT2D eigenvalue weighted by atomic mass is 9.77. The largest absolute Gasteiger partial charge is 0.378 e. The molecule has 0 saturated carbocycles. The van der Waals surface area contributed by atoms with Gasteiger partial charge >= 0.3 is 0 Å². The fraction of sp³-hybridized carbons (Fsp3) is 0.286. The molecule has 0 amide bonds. The Labute approximate surface area is 197 Å². The lowest BCUT2D eigenvalue weighted by Crippen LogP contribution is -2.30. The van der Waals surface area contributed by atoms with Crippen molar-refractivity contribution >= 4 is 21.4 Å². The molecule has 3 aromatic rings. The Morgan fingerprint density at radius 1 is 0.970 bits per heavy atom. The van der Waals surface area contributed by atoms with Crippen molar-refractivity contribution in [2.75, 3.05) is 16.7 Å². The second-order valence-corrected chi connectivity index (χ2v) is 11.3. The average Bonchev–Trinajstić information content (AvgIpc) is 3.33. The summed E-state index contributed by atoms with van der Waals surface area (Å²) in [6, 6.07) is 23.8. The molecule has 1 N–H and O–H groups in total. The fourth-order valence-corrected chi connectivity index (χ4v) is 6.32. The first kappa shape index (κ1) is 21.8. The normalized spacial score (nSPS) is 21.4. The highest BCUT2D eigenvalue weighted by molar-refractivity contribution is 7.92. The van der Waals surface area contributed by atoms with Gasteiger partial charge in [0.15, 0.2) is 0 Å². The average molecular weight is 459 g/mol. The summed E-state index contributed by atoms with van der Waals surface area (Å²) in [5.41, 5.74) is 5.35. The van der Waals surface area contributed by atoms with Gasteiger partial charge in [0.05, 0.1) is 16.6 Å². The van der Waals surface area contributed by atoms with Crippen LogP contribution in [0.1, 0.15) is 54.8 Å². The van der Waals surface area contributed by atoms with E-state index in [1.807, 2.05) is 42.5 Å². The summed E-state index contributed by atoms with van der Waals surface area (Å²) in [5, 5.41) is 3.72. The molecule has 1 aliphatic heterocycles.